The van der Waals surface area contributed by atoms with E-state index in [9.17, 15) is 14.4 Å². The Hall–Kier alpha value is -3.41. The Kier molecular flexibility index (Phi) is 3.88. The van der Waals surface area contributed by atoms with Gasteiger partial charge >= 0.3 is 0 Å². The first kappa shape index (κ1) is 18.4. The molecule has 1 N–H and O–H groups in total. The molecule has 3 amide bonds. The molecule has 6 nitrogen and oxygen atoms in total. The molecule has 2 saturated carbocycles. The molecule has 2 bridgehead atoms. The topological polar surface area (TPSA) is 75.7 Å². The number of methoxy groups -OCH3 is 1. The van der Waals surface area contributed by atoms with E-state index in [2.05, 4.69) is 17.5 Å². The summed E-state index contributed by atoms with van der Waals surface area (Å²) in [6, 6.07) is 13.8. The van der Waals surface area contributed by atoms with Gasteiger partial charge in [-0.3, -0.25) is 19.3 Å². The molecule has 0 aromatic heterocycles. The van der Waals surface area contributed by atoms with Crippen molar-refractivity contribution in [2.24, 2.45) is 35.5 Å². The highest BCUT2D eigenvalue weighted by molar-refractivity contribution is 6.22. The molecule has 1 heterocycles. The van der Waals surface area contributed by atoms with E-state index in [1.54, 1.807) is 55.6 Å². The second kappa shape index (κ2) is 6.54. The summed E-state index contributed by atoms with van der Waals surface area (Å²) in [5, 5.41) is 2.84. The van der Waals surface area contributed by atoms with Crippen LogP contribution < -0.4 is 15.0 Å². The first-order valence-electron chi connectivity index (χ1n) is 10.7. The number of carbonyl (C=O) groups is 3. The Morgan fingerprint density at radius 1 is 0.903 bits per heavy atom. The predicted octanol–water partition coefficient (Wildman–Crippen LogP) is 3.51. The Balaban J connectivity index is 1.20. The minimum absolute atomic E-state index is 0.0878. The summed E-state index contributed by atoms with van der Waals surface area (Å²) in [5.74, 6) is 1.41. The maximum Gasteiger partial charge on any atom is 0.255 e. The zero-order chi connectivity index (χ0) is 21.3. The van der Waals surface area contributed by atoms with Crippen LogP contribution in [0.15, 0.2) is 60.7 Å². The number of imide groups is 1. The first-order valence-corrected chi connectivity index (χ1v) is 10.7. The highest BCUT2D eigenvalue weighted by atomic mass is 16.5. The number of allylic oxidation sites excluding steroid dienone is 2. The fourth-order valence-electron chi connectivity index (χ4n) is 5.85. The number of nitrogens with one attached hydrogen (secondary N) is 1. The number of amides is 3. The number of benzene rings is 2. The molecule has 1 saturated heterocycles. The van der Waals surface area contributed by atoms with E-state index >= 15 is 0 Å². The zero-order valence-electron chi connectivity index (χ0n) is 17.0. The summed E-state index contributed by atoms with van der Waals surface area (Å²) in [4.78, 5) is 40.3. The molecule has 2 aromatic carbocycles. The van der Waals surface area contributed by atoms with Crippen LogP contribution in [0.1, 0.15) is 16.8 Å². The lowest BCUT2D eigenvalue weighted by Crippen LogP contribution is -2.40. The van der Waals surface area contributed by atoms with E-state index < -0.39 is 0 Å². The molecule has 4 aliphatic carbocycles. The minimum atomic E-state index is -0.258. The van der Waals surface area contributed by atoms with Gasteiger partial charge in [-0.2, -0.15) is 0 Å². The van der Waals surface area contributed by atoms with Crippen molar-refractivity contribution in [2.45, 2.75) is 6.42 Å². The predicted molar refractivity (Wildman–Crippen MR) is 115 cm³/mol. The van der Waals surface area contributed by atoms with Crippen LogP contribution in [0, 0.1) is 35.5 Å². The van der Waals surface area contributed by atoms with Crippen LogP contribution in [0.4, 0.5) is 11.4 Å². The third-order valence-electron chi connectivity index (χ3n) is 7.40. The van der Waals surface area contributed by atoms with Crippen LogP contribution in [0.25, 0.3) is 0 Å². The minimum Gasteiger partial charge on any atom is -0.497 e. The second-order valence-corrected chi connectivity index (χ2v) is 8.90. The van der Waals surface area contributed by atoms with Gasteiger partial charge in [0.05, 0.1) is 24.6 Å². The molecule has 6 atom stereocenters. The molecule has 6 heteroatoms. The summed E-state index contributed by atoms with van der Waals surface area (Å²) in [6.45, 7) is 0. The van der Waals surface area contributed by atoms with Gasteiger partial charge in [0.25, 0.3) is 5.91 Å². The zero-order valence-corrected chi connectivity index (χ0v) is 17.0. The van der Waals surface area contributed by atoms with Gasteiger partial charge in [-0.05, 0) is 78.6 Å². The van der Waals surface area contributed by atoms with E-state index in [1.165, 1.54) is 4.90 Å². The van der Waals surface area contributed by atoms with Crippen LogP contribution in [-0.2, 0) is 9.59 Å². The van der Waals surface area contributed by atoms with Crippen molar-refractivity contribution in [1.29, 1.82) is 0 Å². The van der Waals surface area contributed by atoms with Crippen molar-refractivity contribution >= 4 is 29.1 Å². The number of hydrogen-bond donors (Lipinski definition) is 1. The third-order valence-corrected chi connectivity index (χ3v) is 7.40. The summed E-state index contributed by atoms with van der Waals surface area (Å²) in [7, 11) is 1.59. The number of rotatable bonds is 4. The molecule has 5 aliphatic rings. The maximum absolute atomic E-state index is 13.2. The van der Waals surface area contributed by atoms with Crippen molar-refractivity contribution in [3.05, 3.63) is 66.2 Å². The number of hydrogen-bond acceptors (Lipinski definition) is 4. The lowest BCUT2D eigenvalue weighted by atomic mass is 9.63. The monoisotopic (exact) mass is 414 g/mol. The van der Waals surface area contributed by atoms with Crippen molar-refractivity contribution in [3.63, 3.8) is 0 Å². The SMILES string of the molecule is COc1ccc(NC(=O)c2ccc(N3C(=O)[C@@H]4[C@H]5C=C[C@H]([C@H]6C[C@H]56)[C@@H]4C3=O)cc2)cc1. The summed E-state index contributed by atoms with van der Waals surface area (Å²) in [5.41, 5.74) is 1.66. The van der Waals surface area contributed by atoms with E-state index in [0.717, 1.165) is 6.42 Å². The van der Waals surface area contributed by atoms with Crippen molar-refractivity contribution in [3.8, 4) is 5.75 Å². The highest BCUT2D eigenvalue weighted by Crippen LogP contribution is 2.65. The number of ether oxygens (including phenoxy) is 1. The van der Waals surface area contributed by atoms with Crippen molar-refractivity contribution in [2.75, 3.05) is 17.3 Å². The number of carbonyl (C=O) groups excluding carboxylic acids is 3. The molecular weight excluding hydrogens is 392 g/mol. The Morgan fingerprint density at radius 3 is 2.03 bits per heavy atom. The molecule has 31 heavy (non-hydrogen) atoms. The fraction of sp³-hybridized carbons (Fsp3) is 0.320. The lowest BCUT2D eigenvalue weighted by Gasteiger charge is -2.37. The normalized spacial score (nSPS) is 32.0. The highest BCUT2D eigenvalue weighted by Gasteiger charge is 2.67. The van der Waals surface area contributed by atoms with Gasteiger partial charge < -0.3 is 10.1 Å². The quantitative estimate of drug-likeness (QED) is 0.614. The Labute approximate surface area is 179 Å². The summed E-state index contributed by atoms with van der Waals surface area (Å²) < 4.78 is 5.12. The average Bonchev–Trinajstić information content (AvgIpc) is 3.58. The van der Waals surface area contributed by atoms with Gasteiger partial charge in [0.2, 0.25) is 11.8 Å². The summed E-state index contributed by atoms with van der Waals surface area (Å²) >= 11 is 0. The molecule has 1 aliphatic heterocycles. The molecule has 3 fully saturated rings. The van der Waals surface area contributed by atoms with Crippen molar-refractivity contribution in [1.82, 2.24) is 0 Å². The van der Waals surface area contributed by atoms with E-state index in [-0.39, 0.29) is 41.4 Å². The largest absolute Gasteiger partial charge is 0.497 e. The first-order chi connectivity index (χ1) is 15.1. The molecular formula is C25H22N2O4. The number of nitrogens with zero attached hydrogens (tertiary/aromatic N) is 1. The van der Waals surface area contributed by atoms with E-state index in [4.69, 9.17) is 4.74 Å². The fourth-order valence-corrected chi connectivity index (χ4v) is 5.85. The van der Waals surface area contributed by atoms with Crippen molar-refractivity contribution < 1.29 is 19.1 Å². The summed E-state index contributed by atoms with van der Waals surface area (Å²) in [6.07, 6.45) is 5.48. The van der Waals surface area contributed by atoms with Gasteiger partial charge in [-0.15, -0.1) is 0 Å². The maximum atomic E-state index is 13.2. The number of anilines is 2. The molecule has 2 aromatic rings. The van der Waals surface area contributed by atoms with Crippen LogP contribution in [0.3, 0.4) is 0 Å². The molecule has 0 unspecified atom stereocenters. The molecule has 0 radical (unpaired) electrons. The molecule has 7 rings (SSSR count). The lowest BCUT2D eigenvalue weighted by molar-refractivity contribution is -0.124. The van der Waals surface area contributed by atoms with Gasteiger partial charge in [0.1, 0.15) is 5.75 Å². The van der Waals surface area contributed by atoms with Crippen LogP contribution in [-0.4, -0.2) is 24.8 Å². The van der Waals surface area contributed by atoms with Crippen LogP contribution in [0.2, 0.25) is 0 Å². The second-order valence-electron chi connectivity index (χ2n) is 8.90. The molecule has 0 spiro atoms. The standard InChI is InChI=1S/C25H22N2O4/c1-31-16-8-4-14(5-9-16)26-23(28)13-2-6-15(7-3-13)27-24(29)21-17-10-11-18(20-12-19(17)20)22(21)25(27)30/h2-11,17-22H,12H2,1H3,(H,26,28)/t17-,18+,19-,20-,21+,22-/m1/s1. The van der Waals surface area contributed by atoms with Gasteiger partial charge in [-0.1, -0.05) is 12.2 Å². The smallest absolute Gasteiger partial charge is 0.255 e. The van der Waals surface area contributed by atoms with Crippen LogP contribution >= 0.6 is 0 Å². The van der Waals surface area contributed by atoms with Gasteiger partial charge in [-0.25, -0.2) is 0 Å². The van der Waals surface area contributed by atoms with Gasteiger partial charge in [0.15, 0.2) is 0 Å². The van der Waals surface area contributed by atoms with E-state index in [1.807, 2.05) is 0 Å². The van der Waals surface area contributed by atoms with E-state index in [0.29, 0.717) is 34.5 Å². The third kappa shape index (κ3) is 2.67. The average molecular weight is 414 g/mol. The Bertz CT molecular complexity index is 1090. The van der Waals surface area contributed by atoms with Gasteiger partial charge in [0, 0.05) is 11.3 Å². The molecule has 156 valence electrons. The van der Waals surface area contributed by atoms with Crippen LogP contribution in [0.5, 0.6) is 5.75 Å². The Morgan fingerprint density at radius 2 is 1.48 bits per heavy atom.